The van der Waals surface area contributed by atoms with Gasteiger partial charge in [0.1, 0.15) is 11.9 Å². The van der Waals surface area contributed by atoms with Crippen LogP contribution in [-0.2, 0) is 6.42 Å². The first-order valence-corrected chi connectivity index (χ1v) is 6.41. The SMILES string of the molecule is CCc1cc(OC(CN)C(C)(C)C)ccc1Cl. The van der Waals surface area contributed by atoms with Crippen LogP contribution in [0.5, 0.6) is 5.75 Å². The molecule has 0 bridgehead atoms. The van der Waals surface area contributed by atoms with Gasteiger partial charge in [-0.25, -0.2) is 0 Å². The quantitative estimate of drug-likeness (QED) is 0.891. The van der Waals surface area contributed by atoms with Crippen molar-refractivity contribution in [3.63, 3.8) is 0 Å². The molecule has 1 aromatic carbocycles. The van der Waals surface area contributed by atoms with E-state index in [1.165, 1.54) is 0 Å². The first-order valence-electron chi connectivity index (χ1n) is 6.03. The maximum Gasteiger partial charge on any atom is 0.120 e. The molecule has 0 saturated heterocycles. The third kappa shape index (κ3) is 3.90. The fraction of sp³-hybridized carbons (Fsp3) is 0.571. The van der Waals surface area contributed by atoms with E-state index in [0.29, 0.717) is 6.54 Å². The predicted molar refractivity (Wildman–Crippen MR) is 73.8 cm³/mol. The molecule has 0 radical (unpaired) electrons. The maximum absolute atomic E-state index is 6.08. The van der Waals surface area contributed by atoms with Crippen molar-refractivity contribution in [3.8, 4) is 5.75 Å². The molecule has 1 atom stereocenters. The van der Waals surface area contributed by atoms with E-state index in [1.807, 2.05) is 18.2 Å². The predicted octanol–water partition coefficient (Wildman–Crippen LogP) is 3.65. The van der Waals surface area contributed by atoms with Gasteiger partial charge in [-0.05, 0) is 30.2 Å². The highest BCUT2D eigenvalue weighted by Crippen LogP contribution is 2.27. The van der Waals surface area contributed by atoms with E-state index in [-0.39, 0.29) is 11.5 Å². The Labute approximate surface area is 109 Å². The number of nitrogens with two attached hydrogens (primary N) is 1. The van der Waals surface area contributed by atoms with Gasteiger partial charge in [0.25, 0.3) is 0 Å². The minimum Gasteiger partial charge on any atom is -0.489 e. The van der Waals surface area contributed by atoms with Crippen molar-refractivity contribution in [2.75, 3.05) is 6.54 Å². The van der Waals surface area contributed by atoms with Gasteiger partial charge in [-0.1, -0.05) is 39.3 Å². The Morgan fingerprint density at radius 1 is 1.35 bits per heavy atom. The van der Waals surface area contributed by atoms with Crippen LogP contribution in [0.4, 0.5) is 0 Å². The number of aryl methyl sites for hydroxylation is 1. The Morgan fingerprint density at radius 3 is 2.47 bits per heavy atom. The van der Waals surface area contributed by atoms with Gasteiger partial charge in [-0.15, -0.1) is 0 Å². The average molecular weight is 256 g/mol. The van der Waals surface area contributed by atoms with E-state index < -0.39 is 0 Å². The summed E-state index contributed by atoms with van der Waals surface area (Å²) in [5.41, 5.74) is 6.89. The first kappa shape index (κ1) is 14.3. The molecule has 3 heteroatoms. The summed E-state index contributed by atoms with van der Waals surface area (Å²) < 4.78 is 5.94. The monoisotopic (exact) mass is 255 g/mol. The third-order valence-corrected chi connectivity index (χ3v) is 3.23. The van der Waals surface area contributed by atoms with Crippen LogP contribution in [0.25, 0.3) is 0 Å². The van der Waals surface area contributed by atoms with E-state index in [4.69, 9.17) is 22.1 Å². The molecule has 0 aliphatic carbocycles. The van der Waals surface area contributed by atoms with Crippen LogP contribution in [0.2, 0.25) is 5.02 Å². The van der Waals surface area contributed by atoms with Gasteiger partial charge in [-0.2, -0.15) is 0 Å². The lowest BCUT2D eigenvalue weighted by Crippen LogP contribution is -2.38. The van der Waals surface area contributed by atoms with Gasteiger partial charge in [0.15, 0.2) is 0 Å². The molecule has 96 valence electrons. The Kier molecular flexibility index (Phi) is 4.84. The lowest BCUT2D eigenvalue weighted by atomic mass is 9.89. The molecule has 0 fully saturated rings. The molecule has 2 nitrogen and oxygen atoms in total. The molecular formula is C14H22ClNO. The van der Waals surface area contributed by atoms with Crippen molar-refractivity contribution in [2.24, 2.45) is 11.1 Å². The number of benzene rings is 1. The van der Waals surface area contributed by atoms with Crippen LogP contribution < -0.4 is 10.5 Å². The van der Waals surface area contributed by atoms with Gasteiger partial charge in [-0.3, -0.25) is 0 Å². The number of ether oxygens (including phenoxy) is 1. The molecule has 0 aromatic heterocycles. The highest BCUT2D eigenvalue weighted by molar-refractivity contribution is 6.31. The normalized spacial score (nSPS) is 13.5. The summed E-state index contributed by atoms with van der Waals surface area (Å²) in [5, 5.41) is 0.792. The van der Waals surface area contributed by atoms with Crippen molar-refractivity contribution in [1.82, 2.24) is 0 Å². The molecule has 0 heterocycles. The Morgan fingerprint density at radius 2 is 2.00 bits per heavy atom. The summed E-state index contributed by atoms with van der Waals surface area (Å²) in [6.45, 7) is 8.96. The van der Waals surface area contributed by atoms with Crippen molar-refractivity contribution in [2.45, 2.75) is 40.2 Å². The second kappa shape index (κ2) is 5.74. The van der Waals surface area contributed by atoms with Crippen molar-refractivity contribution < 1.29 is 4.74 Å². The van der Waals surface area contributed by atoms with Crippen LogP contribution in [0.1, 0.15) is 33.3 Å². The summed E-state index contributed by atoms with van der Waals surface area (Å²) >= 11 is 6.08. The van der Waals surface area contributed by atoms with Crippen LogP contribution in [0, 0.1) is 5.41 Å². The smallest absolute Gasteiger partial charge is 0.120 e. The molecule has 17 heavy (non-hydrogen) atoms. The number of rotatable bonds is 4. The minimum atomic E-state index is 0.00776. The van der Waals surface area contributed by atoms with Crippen LogP contribution in [0.15, 0.2) is 18.2 Å². The molecule has 0 saturated carbocycles. The van der Waals surface area contributed by atoms with Crippen molar-refractivity contribution in [3.05, 3.63) is 28.8 Å². The highest BCUT2D eigenvalue weighted by Gasteiger charge is 2.25. The molecule has 0 aliphatic rings. The van der Waals surface area contributed by atoms with Crippen LogP contribution >= 0.6 is 11.6 Å². The molecule has 0 amide bonds. The molecular weight excluding hydrogens is 234 g/mol. The zero-order valence-electron chi connectivity index (χ0n) is 11.1. The summed E-state index contributed by atoms with van der Waals surface area (Å²) in [6, 6.07) is 5.78. The van der Waals surface area contributed by atoms with Gasteiger partial charge >= 0.3 is 0 Å². The number of hydrogen-bond donors (Lipinski definition) is 1. The van der Waals surface area contributed by atoms with Crippen molar-refractivity contribution >= 4 is 11.6 Å². The summed E-state index contributed by atoms with van der Waals surface area (Å²) in [7, 11) is 0. The van der Waals surface area contributed by atoms with E-state index in [0.717, 1.165) is 22.8 Å². The van der Waals surface area contributed by atoms with E-state index in [9.17, 15) is 0 Å². The molecule has 0 spiro atoms. The van der Waals surface area contributed by atoms with E-state index >= 15 is 0 Å². The van der Waals surface area contributed by atoms with Gasteiger partial charge in [0, 0.05) is 17.0 Å². The lowest BCUT2D eigenvalue weighted by Gasteiger charge is -2.30. The van der Waals surface area contributed by atoms with Crippen LogP contribution in [0.3, 0.4) is 0 Å². The van der Waals surface area contributed by atoms with Gasteiger partial charge < -0.3 is 10.5 Å². The largest absolute Gasteiger partial charge is 0.489 e. The Hall–Kier alpha value is -0.730. The Bertz CT molecular complexity index is 371. The fourth-order valence-electron chi connectivity index (χ4n) is 1.64. The maximum atomic E-state index is 6.08. The highest BCUT2D eigenvalue weighted by atomic mass is 35.5. The van der Waals surface area contributed by atoms with Crippen LogP contribution in [-0.4, -0.2) is 12.6 Å². The molecule has 1 rings (SSSR count). The number of hydrogen-bond acceptors (Lipinski definition) is 2. The van der Waals surface area contributed by atoms with Crippen molar-refractivity contribution in [1.29, 1.82) is 0 Å². The summed E-state index contributed by atoms with van der Waals surface area (Å²) in [6.07, 6.45) is 0.909. The standard InChI is InChI=1S/C14H22ClNO/c1-5-10-8-11(6-7-12(10)15)17-13(9-16)14(2,3)4/h6-8,13H,5,9,16H2,1-4H3. The zero-order chi connectivity index (χ0) is 13.1. The van der Waals surface area contributed by atoms with E-state index in [2.05, 4.69) is 27.7 Å². The second-order valence-corrected chi connectivity index (χ2v) is 5.72. The third-order valence-electron chi connectivity index (χ3n) is 2.86. The minimum absolute atomic E-state index is 0.00776. The lowest BCUT2D eigenvalue weighted by molar-refractivity contribution is 0.0941. The topological polar surface area (TPSA) is 35.2 Å². The zero-order valence-corrected chi connectivity index (χ0v) is 11.8. The van der Waals surface area contributed by atoms with Gasteiger partial charge in [0.05, 0.1) is 0 Å². The average Bonchev–Trinajstić information content (AvgIpc) is 2.26. The Balaban J connectivity index is 2.87. The number of halogens is 1. The summed E-state index contributed by atoms with van der Waals surface area (Å²) in [5.74, 6) is 0.844. The second-order valence-electron chi connectivity index (χ2n) is 5.31. The first-order chi connectivity index (χ1) is 7.88. The molecule has 1 aromatic rings. The van der Waals surface area contributed by atoms with Gasteiger partial charge in [0.2, 0.25) is 0 Å². The fourth-order valence-corrected chi connectivity index (χ4v) is 1.89. The molecule has 1 unspecified atom stereocenters. The molecule has 0 aliphatic heterocycles. The van der Waals surface area contributed by atoms with E-state index in [1.54, 1.807) is 0 Å². The molecule has 2 N–H and O–H groups in total. The summed E-state index contributed by atoms with van der Waals surface area (Å²) in [4.78, 5) is 0.